The molecule has 0 saturated heterocycles. The minimum atomic E-state index is 0.707. The van der Waals surface area contributed by atoms with Gasteiger partial charge in [0.25, 0.3) is 0 Å². The molecule has 0 aliphatic carbocycles. The maximum atomic E-state index is 8.88. The standard InChI is InChI=1S/C13H12N2/c1-11-5-2-3-6-12(11)10-15-8-4-7-13(15)9-14/h2-8H,10H2,1H3. The summed E-state index contributed by atoms with van der Waals surface area (Å²) in [5.74, 6) is 0. The summed E-state index contributed by atoms with van der Waals surface area (Å²) in [6.45, 7) is 2.85. The van der Waals surface area contributed by atoms with Crippen molar-refractivity contribution >= 4 is 0 Å². The first-order valence-corrected chi connectivity index (χ1v) is 4.91. The lowest BCUT2D eigenvalue weighted by molar-refractivity contribution is 0.788. The molecule has 0 aliphatic heterocycles. The SMILES string of the molecule is Cc1ccccc1Cn1cccc1C#N. The number of aromatic nitrogens is 1. The van der Waals surface area contributed by atoms with Crippen molar-refractivity contribution in [2.75, 3.05) is 0 Å². The molecule has 0 spiro atoms. The molecular formula is C13H12N2. The van der Waals surface area contributed by atoms with Gasteiger partial charge in [-0.1, -0.05) is 24.3 Å². The fraction of sp³-hybridized carbons (Fsp3) is 0.154. The smallest absolute Gasteiger partial charge is 0.120 e. The summed E-state index contributed by atoms with van der Waals surface area (Å²) in [4.78, 5) is 0. The van der Waals surface area contributed by atoms with E-state index in [-0.39, 0.29) is 0 Å². The molecule has 0 radical (unpaired) electrons. The molecule has 1 heterocycles. The molecular weight excluding hydrogens is 184 g/mol. The van der Waals surface area contributed by atoms with Gasteiger partial charge >= 0.3 is 0 Å². The van der Waals surface area contributed by atoms with Gasteiger partial charge < -0.3 is 4.57 Å². The van der Waals surface area contributed by atoms with Gasteiger partial charge in [0.05, 0.1) is 0 Å². The predicted molar refractivity (Wildman–Crippen MR) is 59.4 cm³/mol. The molecule has 0 saturated carbocycles. The largest absolute Gasteiger partial charge is 0.335 e. The van der Waals surface area contributed by atoms with Gasteiger partial charge in [-0.25, -0.2) is 0 Å². The molecule has 15 heavy (non-hydrogen) atoms. The Morgan fingerprint density at radius 3 is 2.73 bits per heavy atom. The molecule has 0 atom stereocenters. The van der Waals surface area contributed by atoms with Crippen LogP contribution in [0.1, 0.15) is 16.8 Å². The van der Waals surface area contributed by atoms with Crippen molar-refractivity contribution < 1.29 is 0 Å². The van der Waals surface area contributed by atoms with Gasteiger partial charge in [0.2, 0.25) is 0 Å². The monoisotopic (exact) mass is 196 g/mol. The molecule has 0 aliphatic rings. The van der Waals surface area contributed by atoms with E-state index in [1.807, 2.05) is 35.0 Å². The van der Waals surface area contributed by atoms with Gasteiger partial charge in [-0.3, -0.25) is 0 Å². The second-order valence-electron chi connectivity index (χ2n) is 3.56. The lowest BCUT2D eigenvalue weighted by Gasteiger charge is -2.07. The number of hydrogen-bond acceptors (Lipinski definition) is 1. The molecule has 0 fully saturated rings. The van der Waals surface area contributed by atoms with Crippen LogP contribution in [0.4, 0.5) is 0 Å². The number of nitriles is 1. The summed E-state index contributed by atoms with van der Waals surface area (Å²) in [6.07, 6.45) is 1.94. The van der Waals surface area contributed by atoms with E-state index < -0.39 is 0 Å². The highest BCUT2D eigenvalue weighted by molar-refractivity contribution is 5.29. The van der Waals surface area contributed by atoms with E-state index in [4.69, 9.17) is 5.26 Å². The molecule has 2 rings (SSSR count). The number of rotatable bonds is 2. The van der Waals surface area contributed by atoms with Crippen LogP contribution >= 0.6 is 0 Å². The molecule has 2 aromatic rings. The van der Waals surface area contributed by atoms with Gasteiger partial charge in [0.1, 0.15) is 11.8 Å². The number of hydrogen-bond donors (Lipinski definition) is 0. The first-order chi connectivity index (χ1) is 7.31. The highest BCUT2D eigenvalue weighted by atomic mass is 15.0. The summed E-state index contributed by atoms with van der Waals surface area (Å²) >= 11 is 0. The van der Waals surface area contributed by atoms with Crippen molar-refractivity contribution in [3.05, 3.63) is 59.4 Å². The molecule has 1 aromatic heterocycles. The number of nitrogens with zero attached hydrogens (tertiary/aromatic N) is 2. The first kappa shape index (κ1) is 9.54. The molecule has 0 bridgehead atoms. The minimum Gasteiger partial charge on any atom is -0.335 e. The Hall–Kier alpha value is -2.01. The summed E-state index contributed by atoms with van der Waals surface area (Å²) < 4.78 is 1.96. The lowest BCUT2D eigenvalue weighted by atomic mass is 10.1. The van der Waals surface area contributed by atoms with E-state index in [0.29, 0.717) is 5.69 Å². The summed E-state index contributed by atoms with van der Waals surface area (Å²) in [7, 11) is 0. The van der Waals surface area contributed by atoms with Crippen molar-refractivity contribution in [3.63, 3.8) is 0 Å². The minimum absolute atomic E-state index is 0.707. The second kappa shape index (κ2) is 4.02. The van der Waals surface area contributed by atoms with Crippen molar-refractivity contribution in [1.82, 2.24) is 4.57 Å². The van der Waals surface area contributed by atoms with Crippen LogP contribution in [-0.4, -0.2) is 4.57 Å². The summed E-state index contributed by atoms with van der Waals surface area (Å²) in [6, 6.07) is 14.1. The fourth-order valence-electron chi connectivity index (χ4n) is 1.62. The van der Waals surface area contributed by atoms with Crippen LogP contribution in [0, 0.1) is 18.3 Å². The molecule has 1 aromatic carbocycles. The zero-order valence-corrected chi connectivity index (χ0v) is 8.64. The third kappa shape index (κ3) is 1.92. The van der Waals surface area contributed by atoms with Crippen molar-refractivity contribution in [1.29, 1.82) is 5.26 Å². The van der Waals surface area contributed by atoms with E-state index in [9.17, 15) is 0 Å². The van der Waals surface area contributed by atoms with Gasteiger partial charge in [0, 0.05) is 12.7 Å². The quantitative estimate of drug-likeness (QED) is 0.726. The zero-order valence-electron chi connectivity index (χ0n) is 8.64. The normalized spacial score (nSPS) is 9.87. The van der Waals surface area contributed by atoms with Crippen LogP contribution in [0.3, 0.4) is 0 Å². The summed E-state index contributed by atoms with van der Waals surface area (Å²) in [5.41, 5.74) is 3.22. The highest BCUT2D eigenvalue weighted by Crippen LogP contribution is 2.11. The molecule has 0 unspecified atom stereocenters. The number of aryl methyl sites for hydroxylation is 1. The Morgan fingerprint density at radius 2 is 2.00 bits per heavy atom. The van der Waals surface area contributed by atoms with Crippen LogP contribution < -0.4 is 0 Å². The van der Waals surface area contributed by atoms with Crippen molar-refractivity contribution in [3.8, 4) is 6.07 Å². The third-order valence-corrected chi connectivity index (χ3v) is 2.55. The van der Waals surface area contributed by atoms with Crippen LogP contribution in [0.5, 0.6) is 0 Å². The average molecular weight is 196 g/mol. The molecule has 74 valence electrons. The summed E-state index contributed by atoms with van der Waals surface area (Å²) in [5, 5.41) is 8.88. The molecule has 2 heteroatoms. The van der Waals surface area contributed by atoms with Crippen LogP contribution in [0.2, 0.25) is 0 Å². The molecule has 0 N–H and O–H groups in total. The van der Waals surface area contributed by atoms with Crippen LogP contribution in [0.25, 0.3) is 0 Å². The number of benzene rings is 1. The van der Waals surface area contributed by atoms with Gasteiger partial charge in [-0.15, -0.1) is 0 Å². The van der Waals surface area contributed by atoms with E-state index in [1.54, 1.807) is 0 Å². The molecule has 2 nitrogen and oxygen atoms in total. The Balaban J connectivity index is 2.31. The molecule has 0 amide bonds. The maximum absolute atomic E-state index is 8.88. The van der Waals surface area contributed by atoms with Gasteiger partial charge in [-0.05, 0) is 30.2 Å². The van der Waals surface area contributed by atoms with Crippen LogP contribution in [-0.2, 0) is 6.54 Å². The zero-order chi connectivity index (χ0) is 10.7. The average Bonchev–Trinajstić information content (AvgIpc) is 2.69. The first-order valence-electron chi connectivity index (χ1n) is 4.91. The second-order valence-corrected chi connectivity index (χ2v) is 3.56. The van der Waals surface area contributed by atoms with Crippen molar-refractivity contribution in [2.45, 2.75) is 13.5 Å². The maximum Gasteiger partial charge on any atom is 0.120 e. The van der Waals surface area contributed by atoms with Crippen molar-refractivity contribution in [2.24, 2.45) is 0 Å². The Labute approximate surface area is 89.4 Å². The Morgan fingerprint density at radius 1 is 1.20 bits per heavy atom. The van der Waals surface area contributed by atoms with Gasteiger partial charge in [0.15, 0.2) is 0 Å². The Bertz CT molecular complexity index is 503. The third-order valence-electron chi connectivity index (χ3n) is 2.55. The topological polar surface area (TPSA) is 28.7 Å². The predicted octanol–water partition coefficient (Wildman–Crippen LogP) is 2.72. The Kier molecular flexibility index (Phi) is 2.55. The lowest BCUT2D eigenvalue weighted by Crippen LogP contribution is -2.01. The van der Waals surface area contributed by atoms with E-state index in [1.165, 1.54) is 11.1 Å². The van der Waals surface area contributed by atoms with E-state index >= 15 is 0 Å². The fourth-order valence-corrected chi connectivity index (χ4v) is 1.62. The van der Waals surface area contributed by atoms with Crippen LogP contribution in [0.15, 0.2) is 42.6 Å². The van der Waals surface area contributed by atoms with E-state index in [0.717, 1.165) is 6.54 Å². The van der Waals surface area contributed by atoms with Gasteiger partial charge in [-0.2, -0.15) is 5.26 Å². The highest BCUT2D eigenvalue weighted by Gasteiger charge is 2.01. The van der Waals surface area contributed by atoms with E-state index in [2.05, 4.69) is 25.1 Å².